The van der Waals surface area contributed by atoms with Crippen LogP contribution in [0.3, 0.4) is 0 Å². The normalized spacial score (nSPS) is 17.2. The van der Waals surface area contributed by atoms with E-state index in [2.05, 4.69) is 23.7 Å². The van der Waals surface area contributed by atoms with Gasteiger partial charge in [0.1, 0.15) is 0 Å². The highest BCUT2D eigenvalue weighted by atomic mass is 16.2. The third-order valence-electron chi connectivity index (χ3n) is 3.37. The zero-order valence-electron chi connectivity index (χ0n) is 11.0. The van der Waals surface area contributed by atoms with E-state index in [0.717, 1.165) is 26.2 Å². The number of pyridine rings is 1. The Balaban J connectivity index is 2.02. The van der Waals surface area contributed by atoms with Crippen molar-refractivity contribution in [2.75, 3.05) is 31.9 Å². The number of piperazine rings is 1. The lowest BCUT2D eigenvalue weighted by atomic mass is 10.2. The monoisotopic (exact) mass is 248 g/mol. The van der Waals surface area contributed by atoms with Crippen LogP contribution in [0.25, 0.3) is 0 Å². The number of hydrogen-bond acceptors (Lipinski definition) is 4. The fraction of sp³-hybridized carbons (Fsp3) is 0.538. The van der Waals surface area contributed by atoms with Crippen molar-refractivity contribution < 1.29 is 4.79 Å². The Bertz CT molecular complexity index is 425. The van der Waals surface area contributed by atoms with E-state index in [1.165, 1.54) is 0 Å². The van der Waals surface area contributed by atoms with Gasteiger partial charge in [-0.05, 0) is 26.0 Å². The van der Waals surface area contributed by atoms with Crippen LogP contribution in [0.1, 0.15) is 24.3 Å². The number of carbonyl (C=O) groups excluding carboxylic acids is 1. The van der Waals surface area contributed by atoms with Gasteiger partial charge >= 0.3 is 0 Å². The highest BCUT2D eigenvalue weighted by Gasteiger charge is 2.24. The Kier molecular flexibility index (Phi) is 3.81. The molecule has 0 bridgehead atoms. The van der Waals surface area contributed by atoms with Crippen LogP contribution in [0.2, 0.25) is 0 Å². The van der Waals surface area contributed by atoms with Crippen molar-refractivity contribution in [1.29, 1.82) is 0 Å². The van der Waals surface area contributed by atoms with Crippen LogP contribution < -0.4 is 5.73 Å². The Morgan fingerprint density at radius 1 is 1.33 bits per heavy atom. The number of aromatic nitrogens is 1. The van der Waals surface area contributed by atoms with Crippen LogP contribution in [0.4, 0.5) is 5.69 Å². The summed E-state index contributed by atoms with van der Waals surface area (Å²) in [4.78, 5) is 20.5. The van der Waals surface area contributed by atoms with E-state index in [4.69, 9.17) is 5.73 Å². The Morgan fingerprint density at radius 2 is 2.00 bits per heavy atom. The molecule has 0 atom stereocenters. The lowest BCUT2D eigenvalue weighted by Crippen LogP contribution is -2.50. The van der Waals surface area contributed by atoms with Gasteiger partial charge in [0.2, 0.25) is 0 Å². The fourth-order valence-electron chi connectivity index (χ4n) is 2.19. The number of nitrogens with two attached hydrogens (primary N) is 1. The number of nitrogen functional groups attached to an aromatic ring is 1. The second kappa shape index (κ2) is 5.35. The zero-order chi connectivity index (χ0) is 13.1. The molecule has 1 aliphatic rings. The molecule has 5 nitrogen and oxygen atoms in total. The maximum Gasteiger partial charge on any atom is 0.274 e. The van der Waals surface area contributed by atoms with Crippen LogP contribution in [0.15, 0.2) is 18.3 Å². The van der Waals surface area contributed by atoms with E-state index < -0.39 is 0 Å². The molecule has 1 amide bonds. The molecule has 0 unspecified atom stereocenters. The van der Waals surface area contributed by atoms with E-state index in [1.807, 2.05) is 4.90 Å². The van der Waals surface area contributed by atoms with Gasteiger partial charge in [0, 0.05) is 38.4 Å². The molecule has 1 aromatic heterocycles. The van der Waals surface area contributed by atoms with Gasteiger partial charge < -0.3 is 10.6 Å². The molecule has 0 saturated carbocycles. The third kappa shape index (κ3) is 2.61. The van der Waals surface area contributed by atoms with Gasteiger partial charge in [0.25, 0.3) is 5.91 Å². The van der Waals surface area contributed by atoms with Crippen LogP contribution in [0.5, 0.6) is 0 Å². The minimum absolute atomic E-state index is 0.0588. The molecule has 0 aliphatic carbocycles. The summed E-state index contributed by atoms with van der Waals surface area (Å²) >= 11 is 0. The highest BCUT2D eigenvalue weighted by molar-refractivity contribution is 5.97. The van der Waals surface area contributed by atoms with Crippen molar-refractivity contribution >= 4 is 11.6 Å². The van der Waals surface area contributed by atoms with Crippen LogP contribution in [0, 0.1) is 0 Å². The maximum atomic E-state index is 12.3. The van der Waals surface area contributed by atoms with Gasteiger partial charge in [-0.15, -0.1) is 0 Å². The summed E-state index contributed by atoms with van der Waals surface area (Å²) in [7, 11) is 0. The van der Waals surface area contributed by atoms with Gasteiger partial charge in [-0.3, -0.25) is 9.69 Å². The molecular weight excluding hydrogens is 228 g/mol. The smallest absolute Gasteiger partial charge is 0.274 e. The summed E-state index contributed by atoms with van der Waals surface area (Å²) in [5.41, 5.74) is 6.61. The summed E-state index contributed by atoms with van der Waals surface area (Å²) in [5.74, 6) is -0.0588. The first-order valence-electron chi connectivity index (χ1n) is 6.33. The number of nitrogens with zero attached hydrogens (tertiary/aromatic N) is 3. The highest BCUT2D eigenvalue weighted by Crippen LogP contribution is 2.13. The van der Waals surface area contributed by atoms with Crippen LogP contribution in [-0.4, -0.2) is 52.9 Å². The molecule has 98 valence electrons. The summed E-state index contributed by atoms with van der Waals surface area (Å²) < 4.78 is 0. The predicted octanol–water partition coefficient (Wildman–Crippen LogP) is 0.830. The molecule has 18 heavy (non-hydrogen) atoms. The summed E-state index contributed by atoms with van der Waals surface area (Å²) in [6.45, 7) is 7.66. The van der Waals surface area contributed by atoms with Crippen molar-refractivity contribution in [2.24, 2.45) is 0 Å². The lowest BCUT2D eigenvalue weighted by Gasteiger charge is -2.36. The Morgan fingerprint density at radius 3 is 2.56 bits per heavy atom. The van der Waals surface area contributed by atoms with Crippen molar-refractivity contribution in [1.82, 2.24) is 14.8 Å². The van der Waals surface area contributed by atoms with Gasteiger partial charge in [-0.2, -0.15) is 0 Å². The molecule has 1 aromatic rings. The van der Waals surface area contributed by atoms with Gasteiger partial charge in [0.05, 0.1) is 5.69 Å². The summed E-state index contributed by atoms with van der Waals surface area (Å²) in [5, 5.41) is 0. The standard InChI is InChI=1S/C13H20N4O/c1-10(2)16-6-8-17(9-7-16)13(18)12-11(14)4-3-5-15-12/h3-5,10H,6-9,14H2,1-2H3. The Hall–Kier alpha value is -1.62. The second-order valence-electron chi connectivity index (χ2n) is 4.86. The van der Waals surface area contributed by atoms with Crippen LogP contribution >= 0.6 is 0 Å². The molecule has 0 radical (unpaired) electrons. The summed E-state index contributed by atoms with van der Waals surface area (Å²) in [6.07, 6.45) is 1.61. The first kappa shape index (κ1) is 12.8. The number of amides is 1. The van der Waals surface area contributed by atoms with Crippen molar-refractivity contribution in [2.45, 2.75) is 19.9 Å². The first-order chi connectivity index (χ1) is 8.59. The van der Waals surface area contributed by atoms with E-state index in [-0.39, 0.29) is 5.91 Å². The molecule has 2 rings (SSSR count). The van der Waals surface area contributed by atoms with Crippen molar-refractivity contribution in [3.8, 4) is 0 Å². The van der Waals surface area contributed by atoms with Gasteiger partial charge in [-0.1, -0.05) is 0 Å². The van der Waals surface area contributed by atoms with E-state index >= 15 is 0 Å². The van der Waals surface area contributed by atoms with E-state index in [1.54, 1.807) is 18.3 Å². The molecule has 0 aromatic carbocycles. The SMILES string of the molecule is CC(C)N1CCN(C(=O)c2ncccc2N)CC1. The molecule has 5 heteroatoms. The molecule has 1 fully saturated rings. The number of carbonyl (C=O) groups is 1. The molecule has 1 saturated heterocycles. The lowest BCUT2D eigenvalue weighted by molar-refractivity contribution is 0.0591. The average Bonchev–Trinajstić information content (AvgIpc) is 2.38. The zero-order valence-corrected chi connectivity index (χ0v) is 11.0. The largest absolute Gasteiger partial charge is 0.397 e. The number of anilines is 1. The molecular formula is C13H20N4O. The number of rotatable bonds is 2. The maximum absolute atomic E-state index is 12.3. The average molecular weight is 248 g/mol. The van der Waals surface area contributed by atoms with Crippen LogP contribution in [-0.2, 0) is 0 Å². The number of hydrogen-bond donors (Lipinski definition) is 1. The molecule has 0 spiro atoms. The first-order valence-corrected chi connectivity index (χ1v) is 6.33. The van der Waals surface area contributed by atoms with E-state index in [9.17, 15) is 4.79 Å². The fourth-order valence-corrected chi connectivity index (χ4v) is 2.19. The van der Waals surface area contributed by atoms with E-state index in [0.29, 0.717) is 17.4 Å². The van der Waals surface area contributed by atoms with Crippen molar-refractivity contribution in [3.05, 3.63) is 24.0 Å². The summed E-state index contributed by atoms with van der Waals surface area (Å²) in [6, 6.07) is 3.98. The molecule has 1 aliphatic heterocycles. The topological polar surface area (TPSA) is 62.5 Å². The molecule has 2 N–H and O–H groups in total. The second-order valence-corrected chi connectivity index (χ2v) is 4.86. The van der Waals surface area contributed by atoms with Crippen molar-refractivity contribution in [3.63, 3.8) is 0 Å². The minimum atomic E-state index is -0.0588. The quantitative estimate of drug-likeness (QED) is 0.842. The third-order valence-corrected chi connectivity index (χ3v) is 3.37. The van der Waals surface area contributed by atoms with Gasteiger partial charge in [0.15, 0.2) is 5.69 Å². The molecule has 2 heterocycles. The van der Waals surface area contributed by atoms with Gasteiger partial charge in [-0.25, -0.2) is 4.98 Å². The predicted molar refractivity (Wildman–Crippen MR) is 71.3 cm³/mol. The minimum Gasteiger partial charge on any atom is -0.397 e. The Labute approximate surface area is 108 Å².